The largest absolute Gasteiger partial charge is 0.439 e. The number of carbonyl (C=O) groups is 1. The number of anilines is 2. The van der Waals surface area contributed by atoms with Gasteiger partial charge in [0.2, 0.25) is 5.88 Å². The Labute approximate surface area is 181 Å². The second-order valence-electron chi connectivity index (χ2n) is 6.83. The smallest absolute Gasteiger partial charge is 0.323 e. The van der Waals surface area contributed by atoms with Crippen molar-refractivity contribution >= 4 is 17.4 Å². The van der Waals surface area contributed by atoms with Crippen molar-refractivity contribution in [3.63, 3.8) is 0 Å². The predicted octanol–water partition coefficient (Wildman–Crippen LogP) is 4.99. The van der Waals surface area contributed by atoms with Crippen molar-refractivity contribution in [3.05, 3.63) is 84.2 Å². The maximum atomic E-state index is 13.2. The topological polar surface area (TPSA) is 94.0 Å². The van der Waals surface area contributed by atoms with Gasteiger partial charge in [0.25, 0.3) is 0 Å². The Bertz CT molecular complexity index is 1270. The zero-order valence-electron chi connectivity index (χ0n) is 17.1. The fourth-order valence-electron chi connectivity index (χ4n) is 2.84. The minimum absolute atomic E-state index is 0.129. The van der Waals surface area contributed by atoms with Crippen molar-refractivity contribution in [2.45, 2.75) is 13.8 Å². The lowest BCUT2D eigenvalue weighted by atomic mass is 10.3. The number of imidazole rings is 1. The average Bonchev–Trinajstić information content (AvgIpc) is 3.11. The van der Waals surface area contributed by atoms with Gasteiger partial charge >= 0.3 is 6.03 Å². The molecular formula is C22H18F2N6O2. The van der Waals surface area contributed by atoms with E-state index < -0.39 is 17.7 Å². The Morgan fingerprint density at radius 1 is 0.906 bits per heavy atom. The molecule has 0 bridgehead atoms. The summed E-state index contributed by atoms with van der Waals surface area (Å²) in [6, 6.07) is 10.8. The molecule has 2 amide bonds. The molecule has 0 fully saturated rings. The standard InChI is InChI=1S/C22H18F2N6O2/c1-13-14(2)30(12-27-13)20-10-21(26-11-25-20)32-17-6-3-15(4-7-17)28-22(31)29-16-5-8-18(23)19(24)9-16/h3-12H,1-2H3,(H2,28,29,31). The summed E-state index contributed by atoms with van der Waals surface area (Å²) in [6.45, 7) is 3.86. The van der Waals surface area contributed by atoms with E-state index in [-0.39, 0.29) is 5.69 Å². The first-order valence-corrected chi connectivity index (χ1v) is 9.53. The van der Waals surface area contributed by atoms with Gasteiger partial charge in [0, 0.05) is 29.2 Å². The molecular weight excluding hydrogens is 418 g/mol. The molecule has 2 aromatic carbocycles. The van der Waals surface area contributed by atoms with Crippen LogP contribution < -0.4 is 15.4 Å². The molecule has 0 spiro atoms. The molecule has 2 aromatic heterocycles. The van der Waals surface area contributed by atoms with Crippen molar-refractivity contribution in [2.75, 3.05) is 10.6 Å². The molecule has 0 unspecified atom stereocenters. The van der Waals surface area contributed by atoms with Crippen molar-refractivity contribution in [2.24, 2.45) is 0 Å². The monoisotopic (exact) mass is 436 g/mol. The Balaban J connectivity index is 1.39. The number of benzene rings is 2. The van der Waals surface area contributed by atoms with Crippen LogP contribution in [0.2, 0.25) is 0 Å². The molecule has 32 heavy (non-hydrogen) atoms. The molecule has 8 nitrogen and oxygen atoms in total. The summed E-state index contributed by atoms with van der Waals surface area (Å²) in [6.07, 6.45) is 3.08. The van der Waals surface area contributed by atoms with E-state index in [0.29, 0.717) is 23.1 Å². The third-order valence-electron chi connectivity index (χ3n) is 4.64. The summed E-state index contributed by atoms with van der Waals surface area (Å²) in [7, 11) is 0. The van der Waals surface area contributed by atoms with Crippen LogP contribution in [-0.4, -0.2) is 25.6 Å². The lowest BCUT2D eigenvalue weighted by Gasteiger charge is -2.10. The summed E-state index contributed by atoms with van der Waals surface area (Å²) >= 11 is 0. The molecule has 4 rings (SSSR count). The number of hydrogen-bond acceptors (Lipinski definition) is 5. The van der Waals surface area contributed by atoms with Crippen LogP contribution in [0.4, 0.5) is 25.0 Å². The quantitative estimate of drug-likeness (QED) is 0.460. The van der Waals surface area contributed by atoms with Crippen molar-refractivity contribution < 1.29 is 18.3 Å². The van der Waals surface area contributed by atoms with Crippen LogP contribution in [0.3, 0.4) is 0 Å². The van der Waals surface area contributed by atoms with Crippen molar-refractivity contribution in [1.29, 1.82) is 0 Å². The number of aromatic nitrogens is 4. The van der Waals surface area contributed by atoms with Crippen molar-refractivity contribution in [1.82, 2.24) is 19.5 Å². The van der Waals surface area contributed by atoms with E-state index in [4.69, 9.17) is 4.74 Å². The Kier molecular flexibility index (Phi) is 5.75. The molecule has 0 saturated heterocycles. The second kappa shape index (κ2) is 8.80. The number of rotatable bonds is 5. The first-order chi connectivity index (χ1) is 15.4. The molecule has 2 N–H and O–H groups in total. The van der Waals surface area contributed by atoms with Gasteiger partial charge in [0.1, 0.15) is 24.2 Å². The van der Waals surface area contributed by atoms with Gasteiger partial charge in [-0.2, -0.15) is 0 Å². The number of nitrogens with one attached hydrogen (secondary N) is 2. The number of urea groups is 1. The van der Waals surface area contributed by atoms with E-state index in [9.17, 15) is 13.6 Å². The van der Waals surface area contributed by atoms with Gasteiger partial charge < -0.3 is 15.4 Å². The lowest BCUT2D eigenvalue weighted by molar-refractivity contribution is 0.262. The van der Waals surface area contributed by atoms with E-state index in [1.165, 1.54) is 12.4 Å². The predicted molar refractivity (Wildman–Crippen MR) is 114 cm³/mol. The summed E-state index contributed by atoms with van der Waals surface area (Å²) in [5.74, 6) is -0.564. The number of hydrogen-bond donors (Lipinski definition) is 2. The molecule has 0 aliphatic carbocycles. The SMILES string of the molecule is Cc1ncn(-c2cc(Oc3ccc(NC(=O)Nc4ccc(F)c(F)c4)cc3)ncn2)c1C. The number of nitrogens with zero attached hydrogens (tertiary/aromatic N) is 4. The first-order valence-electron chi connectivity index (χ1n) is 9.53. The van der Waals surface area contributed by atoms with Crippen LogP contribution in [0.15, 0.2) is 61.2 Å². The molecule has 10 heteroatoms. The normalized spacial score (nSPS) is 10.6. The van der Waals surface area contributed by atoms with E-state index in [1.54, 1.807) is 36.7 Å². The molecule has 0 saturated carbocycles. The van der Waals surface area contributed by atoms with Crippen LogP contribution >= 0.6 is 0 Å². The van der Waals surface area contributed by atoms with Gasteiger partial charge in [0.05, 0.1) is 5.69 Å². The Morgan fingerprint density at radius 2 is 1.62 bits per heavy atom. The second-order valence-corrected chi connectivity index (χ2v) is 6.83. The number of aryl methyl sites for hydroxylation is 1. The summed E-state index contributed by atoms with van der Waals surface area (Å²) in [4.78, 5) is 24.7. The van der Waals surface area contributed by atoms with Gasteiger partial charge in [-0.05, 0) is 50.2 Å². The van der Waals surface area contributed by atoms with E-state index in [0.717, 1.165) is 23.5 Å². The Morgan fingerprint density at radius 3 is 2.31 bits per heavy atom. The third-order valence-corrected chi connectivity index (χ3v) is 4.64. The number of carbonyl (C=O) groups excluding carboxylic acids is 1. The maximum absolute atomic E-state index is 13.2. The summed E-state index contributed by atoms with van der Waals surface area (Å²) in [5.41, 5.74) is 2.48. The molecule has 162 valence electrons. The third kappa shape index (κ3) is 4.69. The van der Waals surface area contributed by atoms with E-state index in [1.807, 2.05) is 18.4 Å². The highest BCUT2D eigenvalue weighted by molar-refractivity contribution is 5.99. The fourth-order valence-corrected chi connectivity index (χ4v) is 2.84. The average molecular weight is 436 g/mol. The number of ether oxygens (including phenoxy) is 1. The first kappa shape index (κ1) is 20.9. The summed E-state index contributed by atoms with van der Waals surface area (Å²) < 4.78 is 33.8. The van der Waals surface area contributed by atoms with Gasteiger partial charge in [-0.3, -0.25) is 4.57 Å². The Hall–Kier alpha value is -4.34. The van der Waals surface area contributed by atoms with E-state index in [2.05, 4.69) is 25.6 Å². The minimum Gasteiger partial charge on any atom is -0.439 e. The molecule has 2 heterocycles. The van der Waals surface area contributed by atoms with Gasteiger partial charge in [-0.25, -0.2) is 28.5 Å². The minimum atomic E-state index is -1.05. The molecule has 0 aliphatic heterocycles. The van der Waals surface area contributed by atoms with Crippen LogP contribution in [-0.2, 0) is 0 Å². The van der Waals surface area contributed by atoms with E-state index >= 15 is 0 Å². The van der Waals surface area contributed by atoms with Crippen molar-refractivity contribution in [3.8, 4) is 17.4 Å². The molecule has 4 aromatic rings. The molecule has 0 aliphatic rings. The van der Waals surface area contributed by atoms with Crippen LogP contribution in [0.1, 0.15) is 11.4 Å². The summed E-state index contributed by atoms with van der Waals surface area (Å²) in [5, 5.41) is 5.03. The highest BCUT2D eigenvalue weighted by Crippen LogP contribution is 2.23. The highest BCUT2D eigenvalue weighted by atomic mass is 19.2. The maximum Gasteiger partial charge on any atom is 0.323 e. The zero-order chi connectivity index (χ0) is 22.7. The number of amides is 2. The lowest BCUT2D eigenvalue weighted by Crippen LogP contribution is -2.19. The molecule has 0 atom stereocenters. The van der Waals surface area contributed by atoms with Crippen LogP contribution in [0, 0.1) is 25.5 Å². The molecule has 0 radical (unpaired) electrons. The van der Waals surface area contributed by atoms with Crippen LogP contribution in [0.5, 0.6) is 11.6 Å². The number of halogens is 2. The fraction of sp³-hybridized carbons (Fsp3) is 0.0909. The van der Waals surface area contributed by atoms with Crippen LogP contribution in [0.25, 0.3) is 5.82 Å². The highest BCUT2D eigenvalue weighted by Gasteiger charge is 2.09. The van der Waals surface area contributed by atoms with Gasteiger partial charge in [0.15, 0.2) is 11.6 Å². The van der Waals surface area contributed by atoms with Gasteiger partial charge in [-0.1, -0.05) is 0 Å². The van der Waals surface area contributed by atoms with Gasteiger partial charge in [-0.15, -0.1) is 0 Å². The zero-order valence-corrected chi connectivity index (χ0v) is 17.1.